The summed E-state index contributed by atoms with van der Waals surface area (Å²) in [5.74, 6) is -0.533. The number of piperidine rings is 1. The van der Waals surface area contributed by atoms with Gasteiger partial charge in [0.15, 0.2) is 0 Å². The Kier molecular flexibility index (Phi) is 4.80. The lowest BCUT2D eigenvalue weighted by Crippen LogP contribution is -2.35. The Morgan fingerprint density at radius 2 is 2.11 bits per heavy atom. The topological polar surface area (TPSA) is 49.8 Å². The summed E-state index contributed by atoms with van der Waals surface area (Å²) >= 11 is 0. The van der Waals surface area contributed by atoms with Gasteiger partial charge >= 0.3 is 5.97 Å². The number of likely N-dealkylation sites (tertiary alicyclic amines) is 1. The van der Waals surface area contributed by atoms with Crippen LogP contribution < -0.4 is 4.74 Å². The minimum Gasteiger partial charge on any atom is -0.497 e. The number of methoxy groups -OCH3 is 1. The van der Waals surface area contributed by atoms with Crippen LogP contribution in [0.4, 0.5) is 0 Å². The molecule has 1 atom stereocenters. The van der Waals surface area contributed by atoms with Gasteiger partial charge in [0.25, 0.3) is 0 Å². The van der Waals surface area contributed by atoms with Crippen molar-refractivity contribution in [3.63, 3.8) is 0 Å². The van der Waals surface area contributed by atoms with Crippen LogP contribution in [0.15, 0.2) is 24.3 Å². The molecule has 1 N–H and O–H groups in total. The van der Waals surface area contributed by atoms with Crippen molar-refractivity contribution < 1.29 is 14.6 Å². The molecule has 1 heterocycles. The first-order valence-electron chi connectivity index (χ1n) is 6.80. The molecule has 2 rings (SSSR count). The summed E-state index contributed by atoms with van der Waals surface area (Å²) in [6.07, 6.45) is 3.60. The van der Waals surface area contributed by atoms with Crippen LogP contribution in [0.25, 0.3) is 0 Å². The van der Waals surface area contributed by atoms with Gasteiger partial charge in [-0.1, -0.05) is 18.6 Å². The molecule has 104 valence electrons. The number of hydrogen-bond donors (Lipinski definition) is 1. The van der Waals surface area contributed by atoms with Crippen molar-refractivity contribution in [2.24, 2.45) is 0 Å². The van der Waals surface area contributed by atoms with E-state index in [0.717, 1.165) is 18.7 Å². The van der Waals surface area contributed by atoms with Crippen LogP contribution in [0.5, 0.6) is 5.75 Å². The second-order valence-corrected chi connectivity index (χ2v) is 5.03. The minimum absolute atomic E-state index is 0.479. The highest BCUT2D eigenvalue weighted by Crippen LogP contribution is 2.23. The highest BCUT2D eigenvalue weighted by Gasteiger charge is 2.24. The van der Waals surface area contributed by atoms with E-state index in [0.29, 0.717) is 12.3 Å². The number of carbonyl (C=O) groups is 1. The fraction of sp³-hybridized carbons (Fsp3) is 0.533. The van der Waals surface area contributed by atoms with Crippen molar-refractivity contribution in [3.8, 4) is 5.75 Å². The molecule has 0 saturated carbocycles. The van der Waals surface area contributed by atoms with Crippen LogP contribution in [-0.2, 0) is 4.79 Å². The van der Waals surface area contributed by atoms with Gasteiger partial charge < -0.3 is 14.7 Å². The monoisotopic (exact) mass is 263 g/mol. The Morgan fingerprint density at radius 3 is 2.74 bits per heavy atom. The number of ether oxygens (including phenoxy) is 1. The minimum atomic E-state index is -0.765. The number of carboxylic acid groups (broad SMARTS) is 1. The summed E-state index contributed by atoms with van der Waals surface area (Å²) in [4.78, 5) is 13.8. The molecule has 1 fully saturated rings. The Balaban J connectivity index is 2.11. The van der Waals surface area contributed by atoms with Crippen LogP contribution >= 0.6 is 0 Å². The number of carboxylic acids is 1. The summed E-state index contributed by atoms with van der Waals surface area (Å²) < 4.78 is 5.17. The molecule has 1 saturated heterocycles. The van der Waals surface area contributed by atoms with Crippen molar-refractivity contribution in [2.75, 3.05) is 26.7 Å². The summed E-state index contributed by atoms with van der Waals surface area (Å²) in [6, 6.07) is 7.37. The summed E-state index contributed by atoms with van der Waals surface area (Å²) in [5, 5.41) is 9.45. The van der Waals surface area contributed by atoms with Crippen molar-refractivity contribution in [1.82, 2.24) is 4.90 Å². The van der Waals surface area contributed by atoms with E-state index in [-0.39, 0.29) is 0 Å². The third kappa shape index (κ3) is 3.70. The molecular formula is C15H21NO3. The Labute approximate surface area is 114 Å². The maximum absolute atomic E-state index is 11.5. The molecule has 0 radical (unpaired) electrons. The molecule has 1 aliphatic heterocycles. The molecule has 1 aliphatic rings. The van der Waals surface area contributed by atoms with Gasteiger partial charge in [-0.3, -0.25) is 4.79 Å². The Morgan fingerprint density at radius 1 is 1.37 bits per heavy atom. The van der Waals surface area contributed by atoms with Crippen LogP contribution in [0, 0.1) is 0 Å². The predicted octanol–water partition coefficient (Wildman–Crippen LogP) is 2.35. The van der Waals surface area contributed by atoms with Crippen molar-refractivity contribution in [1.29, 1.82) is 0 Å². The summed E-state index contributed by atoms with van der Waals surface area (Å²) in [6.45, 7) is 2.60. The average Bonchev–Trinajstić information content (AvgIpc) is 2.45. The van der Waals surface area contributed by atoms with Gasteiger partial charge in [0.1, 0.15) is 5.75 Å². The highest BCUT2D eigenvalue weighted by atomic mass is 16.5. The third-order valence-corrected chi connectivity index (χ3v) is 3.68. The van der Waals surface area contributed by atoms with Gasteiger partial charge in [-0.05, 0) is 43.6 Å². The predicted molar refractivity (Wildman–Crippen MR) is 73.7 cm³/mol. The van der Waals surface area contributed by atoms with E-state index in [1.807, 2.05) is 24.3 Å². The SMILES string of the molecule is COc1cccc(C(CN2CCCCC2)C(=O)O)c1. The van der Waals surface area contributed by atoms with Crippen LogP contribution in [0.1, 0.15) is 30.7 Å². The lowest BCUT2D eigenvalue weighted by atomic mass is 9.97. The quantitative estimate of drug-likeness (QED) is 0.886. The number of rotatable bonds is 5. The maximum Gasteiger partial charge on any atom is 0.312 e. The number of aliphatic carboxylic acids is 1. The number of benzene rings is 1. The standard InChI is InChI=1S/C15H21NO3/c1-19-13-7-5-6-12(10-13)14(15(17)18)11-16-8-3-2-4-9-16/h5-7,10,14H,2-4,8-9,11H2,1H3,(H,17,18). The van der Waals surface area contributed by atoms with Crippen molar-refractivity contribution >= 4 is 5.97 Å². The smallest absolute Gasteiger partial charge is 0.312 e. The maximum atomic E-state index is 11.5. The van der Waals surface area contributed by atoms with E-state index >= 15 is 0 Å². The Bertz CT molecular complexity index is 427. The molecule has 0 bridgehead atoms. The second kappa shape index (κ2) is 6.57. The first-order chi connectivity index (χ1) is 9.20. The fourth-order valence-electron chi connectivity index (χ4n) is 2.58. The molecule has 19 heavy (non-hydrogen) atoms. The van der Waals surface area contributed by atoms with Gasteiger partial charge in [-0.2, -0.15) is 0 Å². The summed E-state index contributed by atoms with van der Waals surface area (Å²) in [5.41, 5.74) is 0.817. The molecule has 0 amide bonds. The third-order valence-electron chi connectivity index (χ3n) is 3.68. The van der Waals surface area contributed by atoms with Crippen molar-refractivity contribution in [2.45, 2.75) is 25.2 Å². The number of nitrogens with zero attached hydrogens (tertiary/aromatic N) is 1. The number of hydrogen-bond acceptors (Lipinski definition) is 3. The molecule has 1 aromatic carbocycles. The van der Waals surface area contributed by atoms with Gasteiger partial charge in [0.2, 0.25) is 0 Å². The van der Waals surface area contributed by atoms with E-state index in [2.05, 4.69) is 4.90 Å². The van der Waals surface area contributed by atoms with Gasteiger partial charge in [-0.15, -0.1) is 0 Å². The largest absolute Gasteiger partial charge is 0.497 e. The Hall–Kier alpha value is -1.55. The lowest BCUT2D eigenvalue weighted by Gasteiger charge is -2.29. The molecule has 4 nitrogen and oxygen atoms in total. The zero-order chi connectivity index (χ0) is 13.7. The van der Waals surface area contributed by atoms with E-state index in [1.165, 1.54) is 19.3 Å². The molecule has 0 aliphatic carbocycles. The highest BCUT2D eigenvalue weighted by molar-refractivity contribution is 5.76. The molecule has 4 heteroatoms. The van der Waals surface area contributed by atoms with Crippen LogP contribution in [0.2, 0.25) is 0 Å². The zero-order valence-electron chi connectivity index (χ0n) is 11.3. The van der Waals surface area contributed by atoms with Gasteiger partial charge in [-0.25, -0.2) is 0 Å². The normalized spacial score (nSPS) is 17.9. The molecule has 1 aromatic rings. The molecule has 1 unspecified atom stereocenters. The first-order valence-corrected chi connectivity index (χ1v) is 6.80. The molecular weight excluding hydrogens is 242 g/mol. The second-order valence-electron chi connectivity index (χ2n) is 5.03. The average molecular weight is 263 g/mol. The van der Waals surface area contributed by atoms with E-state index in [1.54, 1.807) is 7.11 Å². The lowest BCUT2D eigenvalue weighted by molar-refractivity contribution is -0.139. The molecule has 0 aromatic heterocycles. The van der Waals surface area contributed by atoms with E-state index < -0.39 is 11.9 Å². The fourth-order valence-corrected chi connectivity index (χ4v) is 2.58. The van der Waals surface area contributed by atoms with Crippen LogP contribution in [0.3, 0.4) is 0 Å². The zero-order valence-corrected chi connectivity index (χ0v) is 11.3. The van der Waals surface area contributed by atoms with E-state index in [4.69, 9.17) is 4.74 Å². The molecule has 0 spiro atoms. The van der Waals surface area contributed by atoms with Crippen LogP contribution in [-0.4, -0.2) is 42.7 Å². The van der Waals surface area contributed by atoms with Crippen molar-refractivity contribution in [3.05, 3.63) is 29.8 Å². The van der Waals surface area contributed by atoms with Gasteiger partial charge in [0.05, 0.1) is 13.0 Å². The first kappa shape index (κ1) is 13.9. The van der Waals surface area contributed by atoms with Gasteiger partial charge in [0, 0.05) is 6.54 Å². The van der Waals surface area contributed by atoms with E-state index in [9.17, 15) is 9.90 Å². The summed E-state index contributed by atoms with van der Waals surface area (Å²) in [7, 11) is 1.60.